The number of nitrogens with one attached hydrogen (secondary N) is 1. The maximum absolute atomic E-state index is 14.5. The number of allylic oxidation sites excluding steroid dienone is 1. The SMILES string of the molecule is COC1CCC=C(C)C(=O)Nc2cc(F)c(O)c(c2)C[C@@H](C)C[C@H](OC)[C@H](O)[C@@H](C)C=C(C)[C@@H]1OC(N)=O. The maximum Gasteiger partial charge on any atom is 0.405 e. The largest absolute Gasteiger partial charge is 0.505 e. The van der Waals surface area contributed by atoms with Gasteiger partial charge >= 0.3 is 6.09 Å². The molecule has 1 aromatic carbocycles. The zero-order chi connectivity index (χ0) is 28.6. The van der Waals surface area contributed by atoms with Crippen LogP contribution in [0.15, 0.2) is 35.4 Å². The minimum absolute atomic E-state index is 0.115. The Balaban J connectivity index is 2.51. The number of hydrogen-bond donors (Lipinski definition) is 4. The summed E-state index contributed by atoms with van der Waals surface area (Å²) in [6.07, 6.45) is 1.24. The van der Waals surface area contributed by atoms with Crippen LogP contribution in [-0.4, -0.2) is 60.8 Å². The van der Waals surface area contributed by atoms with Crippen molar-refractivity contribution in [3.63, 3.8) is 0 Å². The summed E-state index contributed by atoms with van der Waals surface area (Å²) in [5.74, 6) is -2.23. The number of ether oxygens (including phenoxy) is 3. The van der Waals surface area contributed by atoms with Crippen LogP contribution in [0.3, 0.4) is 0 Å². The van der Waals surface area contributed by atoms with Crippen molar-refractivity contribution < 1.29 is 38.4 Å². The number of halogens is 1. The Bertz CT molecular complexity index is 1040. The van der Waals surface area contributed by atoms with E-state index < -0.39 is 48.0 Å². The number of hydrogen-bond acceptors (Lipinski definition) is 7. The van der Waals surface area contributed by atoms with Crippen LogP contribution in [0.4, 0.5) is 14.9 Å². The number of amides is 2. The third-order valence-corrected chi connectivity index (χ3v) is 6.94. The van der Waals surface area contributed by atoms with Crippen molar-refractivity contribution in [2.75, 3.05) is 19.5 Å². The number of aromatic hydroxyl groups is 1. The molecule has 1 aliphatic heterocycles. The Hall–Kier alpha value is -2.95. The molecule has 9 nitrogen and oxygen atoms in total. The number of fused-ring (bicyclic) bond motifs is 2. The Labute approximate surface area is 223 Å². The van der Waals surface area contributed by atoms with Gasteiger partial charge in [-0.05, 0) is 62.7 Å². The van der Waals surface area contributed by atoms with E-state index in [0.717, 1.165) is 6.07 Å². The fourth-order valence-corrected chi connectivity index (χ4v) is 4.83. The van der Waals surface area contributed by atoms with Crippen molar-refractivity contribution in [3.05, 3.63) is 46.8 Å². The summed E-state index contributed by atoms with van der Waals surface area (Å²) in [5.41, 5.74) is 6.95. The Morgan fingerprint density at radius 3 is 2.42 bits per heavy atom. The molecule has 2 bridgehead atoms. The summed E-state index contributed by atoms with van der Waals surface area (Å²) in [4.78, 5) is 24.4. The van der Waals surface area contributed by atoms with Crippen molar-refractivity contribution in [1.29, 1.82) is 0 Å². The summed E-state index contributed by atoms with van der Waals surface area (Å²) >= 11 is 0. The molecule has 0 fully saturated rings. The number of primary amides is 1. The Kier molecular flexibility index (Phi) is 11.7. The summed E-state index contributed by atoms with van der Waals surface area (Å²) in [5, 5.41) is 24.1. The number of nitrogens with two attached hydrogens (primary N) is 1. The van der Waals surface area contributed by atoms with Crippen molar-refractivity contribution in [1.82, 2.24) is 0 Å². The van der Waals surface area contributed by atoms with E-state index in [-0.39, 0.29) is 17.5 Å². The van der Waals surface area contributed by atoms with Crippen LogP contribution in [0.1, 0.15) is 52.5 Å². The van der Waals surface area contributed by atoms with Crippen LogP contribution in [-0.2, 0) is 25.4 Å². The molecule has 0 aromatic heterocycles. The number of aliphatic hydroxyl groups excluding tert-OH is 1. The van der Waals surface area contributed by atoms with Crippen LogP contribution in [0.2, 0.25) is 0 Å². The van der Waals surface area contributed by atoms with E-state index in [9.17, 15) is 24.2 Å². The first-order valence-corrected chi connectivity index (χ1v) is 12.7. The number of methoxy groups -OCH3 is 2. The van der Waals surface area contributed by atoms with E-state index in [2.05, 4.69) is 5.32 Å². The number of anilines is 1. The number of aliphatic hydroxyl groups is 1. The van der Waals surface area contributed by atoms with Crippen molar-refractivity contribution in [2.24, 2.45) is 17.6 Å². The lowest BCUT2D eigenvalue weighted by molar-refractivity contribution is -0.112. The zero-order valence-electron chi connectivity index (χ0n) is 23.0. The number of carbonyl (C=O) groups is 2. The lowest BCUT2D eigenvalue weighted by Gasteiger charge is -2.30. The third-order valence-electron chi connectivity index (χ3n) is 6.94. The molecule has 1 unspecified atom stereocenters. The highest BCUT2D eigenvalue weighted by molar-refractivity contribution is 6.03. The van der Waals surface area contributed by atoms with E-state index in [4.69, 9.17) is 19.9 Å². The van der Waals surface area contributed by atoms with Crippen LogP contribution < -0.4 is 11.1 Å². The highest BCUT2D eigenvalue weighted by Gasteiger charge is 2.30. The molecule has 0 aliphatic carbocycles. The number of carbonyl (C=O) groups excluding carboxylic acids is 2. The van der Waals surface area contributed by atoms with Gasteiger partial charge in [0.15, 0.2) is 17.7 Å². The fraction of sp³-hybridized carbons (Fsp3) is 0.571. The molecule has 0 spiro atoms. The molecule has 1 aliphatic rings. The van der Waals surface area contributed by atoms with Crippen LogP contribution in [0, 0.1) is 17.7 Å². The smallest absolute Gasteiger partial charge is 0.405 e. The highest BCUT2D eigenvalue weighted by atomic mass is 19.1. The van der Waals surface area contributed by atoms with E-state index in [1.54, 1.807) is 32.1 Å². The van der Waals surface area contributed by atoms with Gasteiger partial charge in [0.1, 0.15) is 0 Å². The minimum Gasteiger partial charge on any atom is -0.505 e. The molecule has 212 valence electrons. The standard InChI is InChI=1S/C28H41FN2O7/c1-15-10-19-13-20(14-21(29)25(19)33)31-27(34)16(2)8-7-9-22(36-5)26(38-28(30)35)18(4)12-17(3)24(32)23(11-15)37-6/h8,12-15,17,22-24,26,32-33H,7,9-11H2,1-6H3,(H2,30,35)(H,31,34)/t15-,17+,22?,23+,24-,26+/m1/s1. The van der Waals surface area contributed by atoms with Gasteiger partial charge in [-0.15, -0.1) is 0 Å². The van der Waals surface area contributed by atoms with Crippen LogP contribution >= 0.6 is 0 Å². The van der Waals surface area contributed by atoms with Gasteiger partial charge < -0.3 is 35.5 Å². The average Bonchev–Trinajstić information content (AvgIpc) is 2.85. The molecule has 2 rings (SSSR count). The van der Waals surface area contributed by atoms with E-state index >= 15 is 0 Å². The number of phenols is 1. The molecule has 38 heavy (non-hydrogen) atoms. The molecule has 0 saturated heterocycles. The summed E-state index contributed by atoms with van der Waals surface area (Å²) < 4.78 is 31.1. The molecule has 0 radical (unpaired) electrons. The topological polar surface area (TPSA) is 140 Å². The first-order valence-electron chi connectivity index (χ1n) is 12.7. The predicted molar refractivity (Wildman–Crippen MR) is 142 cm³/mol. The van der Waals surface area contributed by atoms with Gasteiger partial charge in [0.05, 0.1) is 18.3 Å². The fourth-order valence-electron chi connectivity index (χ4n) is 4.83. The molecule has 6 atom stereocenters. The van der Waals surface area contributed by atoms with Crippen molar-refractivity contribution in [2.45, 2.75) is 77.8 Å². The third kappa shape index (κ3) is 8.54. The van der Waals surface area contributed by atoms with Crippen molar-refractivity contribution in [3.8, 4) is 5.75 Å². The van der Waals surface area contributed by atoms with E-state index in [1.807, 2.05) is 13.8 Å². The first kappa shape index (κ1) is 31.3. The second-order valence-electron chi connectivity index (χ2n) is 10.1. The first-order chi connectivity index (χ1) is 17.9. The van der Waals surface area contributed by atoms with E-state index in [1.165, 1.54) is 14.2 Å². The maximum atomic E-state index is 14.5. The molecular weight excluding hydrogens is 495 g/mol. The van der Waals surface area contributed by atoms with Gasteiger partial charge in [0, 0.05) is 37.5 Å². The van der Waals surface area contributed by atoms with Gasteiger partial charge in [-0.3, -0.25) is 4.79 Å². The normalized spacial score (nSPS) is 28.2. The van der Waals surface area contributed by atoms with Gasteiger partial charge in [-0.1, -0.05) is 26.0 Å². The predicted octanol–water partition coefficient (Wildman–Crippen LogP) is 4.22. The quantitative estimate of drug-likeness (QED) is 0.335. The lowest BCUT2D eigenvalue weighted by atomic mass is 9.88. The zero-order valence-corrected chi connectivity index (χ0v) is 23.0. The Morgan fingerprint density at radius 1 is 1.16 bits per heavy atom. The highest BCUT2D eigenvalue weighted by Crippen LogP contribution is 2.31. The molecular formula is C28H41FN2O7. The van der Waals surface area contributed by atoms with Gasteiger partial charge in [0.25, 0.3) is 5.91 Å². The molecule has 1 heterocycles. The summed E-state index contributed by atoms with van der Waals surface area (Å²) in [6.45, 7) is 7.14. The number of benzene rings is 1. The van der Waals surface area contributed by atoms with Gasteiger partial charge in [-0.25, -0.2) is 9.18 Å². The minimum atomic E-state index is -0.955. The summed E-state index contributed by atoms with van der Waals surface area (Å²) in [7, 11) is 2.99. The lowest BCUT2D eigenvalue weighted by Crippen LogP contribution is -2.37. The van der Waals surface area contributed by atoms with Crippen LogP contribution in [0.5, 0.6) is 5.75 Å². The number of rotatable bonds is 3. The van der Waals surface area contributed by atoms with Gasteiger partial charge in [-0.2, -0.15) is 0 Å². The molecule has 0 saturated carbocycles. The number of phenolic OH excluding ortho intramolecular Hbond substituents is 1. The molecule has 2 amide bonds. The summed E-state index contributed by atoms with van der Waals surface area (Å²) in [6, 6.07) is 2.62. The second-order valence-corrected chi connectivity index (χ2v) is 10.1. The van der Waals surface area contributed by atoms with Gasteiger partial charge in [0.2, 0.25) is 0 Å². The molecule has 5 N–H and O–H groups in total. The molecule has 1 aromatic rings. The van der Waals surface area contributed by atoms with Crippen molar-refractivity contribution >= 4 is 17.7 Å². The monoisotopic (exact) mass is 536 g/mol. The average molecular weight is 537 g/mol. The molecule has 10 heteroatoms. The van der Waals surface area contributed by atoms with E-state index in [0.29, 0.717) is 42.4 Å². The Morgan fingerprint density at radius 2 is 1.82 bits per heavy atom. The second kappa shape index (κ2) is 14.3. The van der Waals surface area contributed by atoms with Crippen LogP contribution in [0.25, 0.3) is 0 Å².